The Balaban J connectivity index is 3.17. The maximum absolute atomic E-state index is 8.63. The van der Waals surface area contributed by atoms with Gasteiger partial charge in [0.2, 0.25) is 0 Å². The van der Waals surface area contributed by atoms with E-state index in [-0.39, 0.29) is 0 Å². The van der Waals surface area contributed by atoms with E-state index in [0.29, 0.717) is 0 Å². The van der Waals surface area contributed by atoms with Crippen LogP contribution in [0.5, 0.6) is 0 Å². The fourth-order valence-corrected chi connectivity index (χ4v) is 0. The van der Waals surface area contributed by atoms with Crippen LogP contribution in [0, 0.1) is 0 Å². The molecule has 0 atom stereocenters. The minimum absolute atomic E-state index is 1.60. The van der Waals surface area contributed by atoms with E-state index < -0.39 is 7.79 Å². The van der Waals surface area contributed by atoms with Crippen molar-refractivity contribution in [2.45, 2.75) is 0 Å². The third-order valence-electron chi connectivity index (χ3n) is 0.506. The van der Waals surface area contributed by atoms with Gasteiger partial charge in [-0.15, -0.1) is 0 Å². The van der Waals surface area contributed by atoms with Crippen molar-refractivity contribution in [1.82, 2.24) is 5.09 Å². The molecular weight excluding hydrogens is 99.0 g/mol. The van der Waals surface area contributed by atoms with Gasteiger partial charge in [-0.05, 0) is 0 Å². The van der Waals surface area contributed by atoms with Gasteiger partial charge in [-0.25, -0.2) is 0 Å². The Morgan fingerprint density at radius 1 is 1.83 bits per heavy atom. The van der Waals surface area contributed by atoms with Crippen molar-refractivity contribution in [3.63, 3.8) is 0 Å². The van der Waals surface area contributed by atoms with Gasteiger partial charge in [0.25, 0.3) is 0 Å². The van der Waals surface area contributed by atoms with E-state index in [1.807, 2.05) is 0 Å². The first-order chi connectivity index (χ1) is 2.56. The van der Waals surface area contributed by atoms with Gasteiger partial charge >= 0.3 is 37.0 Å². The molecule has 0 aromatic heterocycles. The molecule has 4 heteroatoms. The number of rotatable bonds is 1. The molecule has 0 fully saturated rings. The summed E-state index contributed by atoms with van der Waals surface area (Å²) in [5.41, 5.74) is 5.12. The summed E-state index contributed by atoms with van der Waals surface area (Å²) < 4.78 is 0. The van der Waals surface area contributed by atoms with Crippen molar-refractivity contribution in [3.05, 3.63) is 0 Å². The predicted octanol–water partition coefficient (Wildman–Crippen LogP) is -0.719. The molecule has 0 aromatic rings. The Hall–Kier alpha value is 0.310. The van der Waals surface area contributed by atoms with Gasteiger partial charge in [0.05, 0.1) is 0 Å². The van der Waals surface area contributed by atoms with Gasteiger partial charge in [-0.2, -0.15) is 0 Å². The summed E-state index contributed by atoms with van der Waals surface area (Å²) in [4.78, 5) is 8.63. The first kappa shape index (κ1) is 6.31. The molecule has 0 aliphatic carbocycles. The van der Waals surface area contributed by atoms with Crippen LogP contribution in [0.3, 0.4) is 0 Å². The summed E-state index contributed by atoms with van der Waals surface area (Å²) in [5, 5.41) is 2.58. The average molecular weight is 110 g/mol. The minimum atomic E-state index is -2.38. The van der Waals surface area contributed by atoms with Crippen LogP contribution in [0.2, 0.25) is 0 Å². The monoisotopic (exact) mass is 110 g/mol. The van der Waals surface area contributed by atoms with Crippen molar-refractivity contribution in [1.29, 1.82) is 0 Å². The molecule has 0 heterocycles. The van der Waals surface area contributed by atoms with Crippen molar-refractivity contribution < 1.29 is 4.89 Å². The van der Waals surface area contributed by atoms with E-state index in [0.717, 1.165) is 0 Å². The second-order valence-electron chi connectivity index (χ2n) is 1.40. The normalized spacial score (nSPS) is 14.7. The number of nitrogens with two attached hydrogens (primary N) is 1. The first-order valence-electron chi connectivity index (χ1n) is 1.76. The van der Waals surface area contributed by atoms with Gasteiger partial charge in [0.1, 0.15) is 0 Å². The van der Waals surface area contributed by atoms with Gasteiger partial charge in [0, 0.05) is 0 Å². The van der Waals surface area contributed by atoms with E-state index in [2.05, 4.69) is 5.09 Å². The fourth-order valence-electron chi connectivity index (χ4n) is 0. The molecule has 0 radical (unpaired) electrons. The van der Waals surface area contributed by atoms with Crippen LogP contribution in [0.1, 0.15) is 0 Å². The van der Waals surface area contributed by atoms with Crippen LogP contribution in [0.4, 0.5) is 0 Å². The molecule has 40 valence electrons. The molecule has 0 amide bonds. The van der Waals surface area contributed by atoms with Crippen molar-refractivity contribution in [2.24, 2.45) is 5.50 Å². The Morgan fingerprint density at radius 3 is 2.00 bits per heavy atom. The number of hydrogen-bond donors (Lipinski definition) is 3. The van der Waals surface area contributed by atoms with E-state index >= 15 is 0 Å². The van der Waals surface area contributed by atoms with Crippen molar-refractivity contribution in [3.8, 4) is 0 Å². The van der Waals surface area contributed by atoms with Crippen LogP contribution in [-0.2, 0) is 0 Å². The zero-order valence-electron chi connectivity index (χ0n) is 4.02. The molecule has 0 unspecified atom stereocenters. The quantitative estimate of drug-likeness (QED) is 0.390. The molecular formula is C2H11N2OP. The standard InChI is InChI=1S/C2H11N2OP/c1-4-6(2,3)5/h4-6H,3H2,1-2H3. The zero-order valence-corrected chi connectivity index (χ0v) is 5.02. The van der Waals surface area contributed by atoms with Gasteiger partial charge in [0.15, 0.2) is 0 Å². The molecule has 4 N–H and O–H groups in total. The summed E-state index contributed by atoms with van der Waals surface area (Å²) in [5.74, 6) is 0. The SMILES string of the molecule is CN[PH](C)(N)O. The molecule has 0 aromatic carbocycles. The van der Waals surface area contributed by atoms with Crippen LogP contribution in [0.25, 0.3) is 0 Å². The Labute approximate surface area is 38.1 Å². The topological polar surface area (TPSA) is 58.3 Å². The summed E-state index contributed by atoms with van der Waals surface area (Å²) >= 11 is 0. The summed E-state index contributed by atoms with van der Waals surface area (Å²) in [6, 6.07) is 0. The van der Waals surface area contributed by atoms with E-state index in [4.69, 9.17) is 10.4 Å². The van der Waals surface area contributed by atoms with Gasteiger partial charge < -0.3 is 0 Å². The average Bonchev–Trinajstić information content (AvgIpc) is 1.35. The Morgan fingerprint density at radius 2 is 2.00 bits per heavy atom. The molecule has 0 saturated heterocycles. The summed E-state index contributed by atoms with van der Waals surface area (Å²) in [6.07, 6.45) is 0. The van der Waals surface area contributed by atoms with E-state index in [9.17, 15) is 0 Å². The maximum atomic E-state index is 8.63. The molecule has 3 nitrogen and oxygen atoms in total. The van der Waals surface area contributed by atoms with Crippen LogP contribution in [-0.4, -0.2) is 18.6 Å². The van der Waals surface area contributed by atoms with E-state index in [1.54, 1.807) is 13.7 Å². The van der Waals surface area contributed by atoms with Crippen molar-refractivity contribution in [2.75, 3.05) is 13.7 Å². The summed E-state index contributed by atoms with van der Waals surface area (Å²) in [6.45, 7) is 1.60. The van der Waals surface area contributed by atoms with Crippen LogP contribution in [0.15, 0.2) is 0 Å². The molecule has 0 rings (SSSR count). The molecule has 0 spiro atoms. The molecule has 0 aliphatic rings. The van der Waals surface area contributed by atoms with E-state index in [1.165, 1.54) is 0 Å². The van der Waals surface area contributed by atoms with Crippen LogP contribution >= 0.6 is 7.79 Å². The predicted molar refractivity (Wildman–Crippen MR) is 29.7 cm³/mol. The Bertz CT molecular complexity index is 41.3. The van der Waals surface area contributed by atoms with Crippen LogP contribution < -0.4 is 10.6 Å². The molecule has 6 heavy (non-hydrogen) atoms. The van der Waals surface area contributed by atoms with Gasteiger partial charge in [-0.3, -0.25) is 0 Å². The first-order valence-corrected chi connectivity index (χ1v) is 4.29. The molecule has 0 aliphatic heterocycles. The molecule has 0 saturated carbocycles. The number of hydrogen-bond acceptors (Lipinski definition) is 3. The van der Waals surface area contributed by atoms with Crippen molar-refractivity contribution >= 4 is 7.79 Å². The zero-order chi connectivity index (χ0) is 5.21. The second kappa shape index (κ2) is 1.85. The Kier molecular flexibility index (Phi) is 1.94. The third-order valence-corrected chi connectivity index (χ3v) is 1.52. The third kappa shape index (κ3) is 4.31. The second-order valence-corrected chi connectivity index (χ2v) is 4.19. The fraction of sp³-hybridized carbons (Fsp3) is 1.00. The molecule has 0 bridgehead atoms. The summed E-state index contributed by atoms with van der Waals surface area (Å²) in [7, 11) is -0.736. The van der Waals surface area contributed by atoms with Gasteiger partial charge in [-0.1, -0.05) is 0 Å². The number of nitrogens with one attached hydrogen (secondary N) is 1.